The molecule has 0 aromatic heterocycles. The van der Waals surface area contributed by atoms with Crippen LogP contribution in [0.15, 0.2) is 36.4 Å². The molecule has 1 unspecified atom stereocenters. The number of aryl methyl sites for hydroxylation is 1. The van der Waals surface area contributed by atoms with Crippen molar-refractivity contribution >= 4 is 10.8 Å². The second-order valence-electron chi connectivity index (χ2n) is 4.53. The molecule has 0 aliphatic heterocycles. The van der Waals surface area contributed by atoms with E-state index in [4.69, 9.17) is 5.73 Å². The third-order valence-corrected chi connectivity index (χ3v) is 3.23. The lowest BCUT2D eigenvalue weighted by Crippen LogP contribution is -2.19. The van der Waals surface area contributed by atoms with Gasteiger partial charge in [0.25, 0.3) is 0 Å². The van der Waals surface area contributed by atoms with Crippen LogP contribution >= 0.6 is 0 Å². The van der Waals surface area contributed by atoms with E-state index >= 15 is 0 Å². The van der Waals surface area contributed by atoms with Crippen molar-refractivity contribution in [2.24, 2.45) is 5.73 Å². The normalized spacial score (nSPS) is 12.9. The van der Waals surface area contributed by atoms with Crippen molar-refractivity contribution in [1.82, 2.24) is 5.32 Å². The van der Waals surface area contributed by atoms with Crippen LogP contribution in [0.25, 0.3) is 10.8 Å². The van der Waals surface area contributed by atoms with Gasteiger partial charge in [-0.2, -0.15) is 0 Å². The first-order valence-electron chi connectivity index (χ1n) is 6.12. The third kappa shape index (κ3) is 2.65. The van der Waals surface area contributed by atoms with E-state index in [1.807, 2.05) is 7.05 Å². The number of rotatable bonds is 4. The standard InChI is InChI=1S/C15H20N2/c1-11-3-4-13-10-14(6-5-12(13)9-11)15(17-2)7-8-16/h3-6,9-10,15,17H,7-8,16H2,1-2H3. The minimum absolute atomic E-state index is 0.353. The molecule has 0 fully saturated rings. The molecule has 0 bridgehead atoms. The Hall–Kier alpha value is -1.38. The molecule has 2 heteroatoms. The van der Waals surface area contributed by atoms with Gasteiger partial charge in [-0.25, -0.2) is 0 Å². The molecule has 90 valence electrons. The van der Waals surface area contributed by atoms with E-state index in [0.29, 0.717) is 12.6 Å². The molecule has 17 heavy (non-hydrogen) atoms. The molecule has 0 amide bonds. The highest BCUT2D eigenvalue weighted by molar-refractivity contribution is 5.83. The SMILES string of the molecule is CNC(CCN)c1ccc2cc(C)ccc2c1. The van der Waals surface area contributed by atoms with Gasteiger partial charge in [0.2, 0.25) is 0 Å². The molecule has 0 aliphatic rings. The number of benzene rings is 2. The topological polar surface area (TPSA) is 38.0 Å². The van der Waals surface area contributed by atoms with Crippen molar-refractivity contribution in [3.05, 3.63) is 47.5 Å². The van der Waals surface area contributed by atoms with Crippen LogP contribution in [0.2, 0.25) is 0 Å². The van der Waals surface area contributed by atoms with Crippen LogP contribution in [-0.2, 0) is 0 Å². The summed E-state index contributed by atoms with van der Waals surface area (Å²) in [6.07, 6.45) is 0.966. The summed E-state index contributed by atoms with van der Waals surface area (Å²) in [5.41, 5.74) is 8.25. The van der Waals surface area contributed by atoms with Gasteiger partial charge in [-0.15, -0.1) is 0 Å². The second-order valence-corrected chi connectivity index (χ2v) is 4.53. The predicted octanol–water partition coefficient (Wildman–Crippen LogP) is 2.76. The smallest absolute Gasteiger partial charge is 0.0329 e. The molecule has 2 nitrogen and oxygen atoms in total. The van der Waals surface area contributed by atoms with Gasteiger partial charge >= 0.3 is 0 Å². The zero-order chi connectivity index (χ0) is 12.3. The maximum Gasteiger partial charge on any atom is 0.0329 e. The van der Waals surface area contributed by atoms with E-state index in [-0.39, 0.29) is 0 Å². The molecule has 2 rings (SSSR count). The maximum atomic E-state index is 5.63. The number of fused-ring (bicyclic) bond motifs is 1. The van der Waals surface area contributed by atoms with Crippen molar-refractivity contribution < 1.29 is 0 Å². The first-order chi connectivity index (χ1) is 8.24. The summed E-state index contributed by atoms with van der Waals surface area (Å²) in [7, 11) is 1.99. The highest BCUT2D eigenvalue weighted by Gasteiger charge is 2.08. The fraction of sp³-hybridized carbons (Fsp3) is 0.333. The molecule has 0 aliphatic carbocycles. The molecule has 2 aromatic carbocycles. The van der Waals surface area contributed by atoms with E-state index in [0.717, 1.165) is 6.42 Å². The van der Waals surface area contributed by atoms with Gasteiger partial charge in [0, 0.05) is 6.04 Å². The molecule has 3 N–H and O–H groups in total. The van der Waals surface area contributed by atoms with Crippen LogP contribution in [0.3, 0.4) is 0 Å². The average molecular weight is 228 g/mol. The van der Waals surface area contributed by atoms with E-state index in [2.05, 4.69) is 48.6 Å². The van der Waals surface area contributed by atoms with Gasteiger partial charge in [-0.1, -0.05) is 35.9 Å². The summed E-state index contributed by atoms with van der Waals surface area (Å²) < 4.78 is 0. The molecular weight excluding hydrogens is 208 g/mol. The van der Waals surface area contributed by atoms with Crippen molar-refractivity contribution in [1.29, 1.82) is 0 Å². The molecule has 0 spiro atoms. The maximum absolute atomic E-state index is 5.63. The van der Waals surface area contributed by atoms with Crippen LogP contribution in [0, 0.1) is 6.92 Å². The first-order valence-corrected chi connectivity index (χ1v) is 6.12. The Morgan fingerprint density at radius 2 is 1.82 bits per heavy atom. The van der Waals surface area contributed by atoms with Gasteiger partial charge in [0.05, 0.1) is 0 Å². The van der Waals surface area contributed by atoms with Crippen LogP contribution in [0.5, 0.6) is 0 Å². The second kappa shape index (κ2) is 5.30. The molecule has 2 aromatic rings. The van der Waals surface area contributed by atoms with Crippen molar-refractivity contribution in [3.63, 3.8) is 0 Å². The van der Waals surface area contributed by atoms with Crippen LogP contribution in [0.4, 0.5) is 0 Å². The Morgan fingerprint density at radius 3 is 2.53 bits per heavy atom. The Balaban J connectivity index is 2.40. The van der Waals surface area contributed by atoms with Crippen molar-refractivity contribution in [2.75, 3.05) is 13.6 Å². The van der Waals surface area contributed by atoms with E-state index in [1.54, 1.807) is 0 Å². The number of nitrogens with two attached hydrogens (primary N) is 1. The number of hydrogen-bond donors (Lipinski definition) is 2. The number of nitrogens with one attached hydrogen (secondary N) is 1. The van der Waals surface area contributed by atoms with Crippen LogP contribution in [-0.4, -0.2) is 13.6 Å². The summed E-state index contributed by atoms with van der Waals surface area (Å²) >= 11 is 0. The van der Waals surface area contributed by atoms with E-state index in [1.165, 1.54) is 21.9 Å². The molecule has 0 radical (unpaired) electrons. The zero-order valence-electron chi connectivity index (χ0n) is 10.5. The fourth-order valence-corrected chi connectivity index (χ4v) is 2.24. The van der Waals surface area contributed by atoms with E-state index in [9.17, 15) is 0 Å². The van der Waals surface area contributed by atoms with Gasteiger partial charge in [-0.3, -0.25) is 0 Å². The summed E-state index contributed by atoms with van der Waals surface area (Å²) in [5, 5.41) is 5.91. The van der Waals surface area contributed by atoms with Gasteiger partial charge < -0.3 is 11.1 Å². The fourth-order valence-electron chi connectivity index (χ4n) is 2.24. The highest BCUT2D eigenvalue weighted by Crippen LogP contribution is 2.22. The summed E-state index contributed by atoms with van der Waals surface area (Å²) in [4.78, 5) is 0. The quantitative estimate of drug-likeness (QED) is 0.844. The zero-order valence-corrected chi connectivity index (χ0v) is 10.5. The first kappa shape index (κ1) is 12.1. The summed E-state index contributed by atoms with van der Waals surface area (Å²) in [6.45, 7) is 2.83. The van der Waals surface area contributed by atoms with Crippen LogP contribution in [0.1, 0.15) is 23.6 Å². The molecule has 0 heterocycles. The van der Waals surface area contributed by atoms with Gasteiger partial charge in [0.1, 0.15) is 0 Å². The Morgan fingerprint density at radius 1 is 1.12 bits per heavy atom. The minimum Gasteiger partial charge on any atom is -0.330 e. The highest BCUT2D eigenvalue weighted by atomic mass is 14.9. The lowest BCUT2D eigenvalue weighted by molar-refractivity contribution is 0.557. The average Bonchev–Trinajstić information content (AvgIpc) is 2.35. The molecule has 0 saturated heterocycles. The monoisotopic (exact) mass is 228 g/mol. The van der Waals surface area contributed by atoms with Gasteiger partial charge in [-0.05, 0) is 49.3 Å². The molecule has 1 atom stereocenters. The van der Waals surface area contributed by atoms with Crippen molar-refractivity contribution in [3.8, 4) is 0 Å². The third-order valence-electron chi connectivity index (χ3n) is 3.23. The Kier molecular flexibility index (Phi) is 3.77. The lowest BCUT2D eigenvalue weighted by atomic mass is 9.99. The lowest BCUT2D eigenvalue weighted by Gasteiger charge is -2.16. The largest absolute Gasteiger partial charge is 0.330 e. The van der Waals surface area contributed by atoms with Crippen LogP contribution < -0.4 is 11.1 Å². The summed E-state index contributed by atoms with van der Waals surface area (Å²) in [6, 6.07) is 13.6. The Bertz CT molecular complexity index is 505. The Labute approximate surface area is 103 Å². The summed E-state index contributed by atoms with van der Waals surface area (Å²) in [5.74, 6) is 0. The van der Waals surface area contributed by atoms with Gasteiger partial charge in [0.15, 0.2) is 0 Å². The molecule has 0 saturated carbocycles. The van der Waals surface area contributed by atoms with Crippen molar-refractivity contribution in [2.45, 2.75) is 19.4 Å². The predicted molar refractivity (Wildman–Crippen MR) is 74.2 cm³/mol. The van der Waals surface area contributed by atoms with E-state index < -0.39 is 0 Å². The minimum atomic E-state index is 0.353. The molecular formula is C15H20N2. The number of hydrogen-bond acceptors (Lipinski definition) is 2.